The first kappa shape index (κ1) is 21.0. The van der Waals surface area contributed by atoms with Gasteiger partial charge in [0, 0.05) is 17.8 Å². The van der Waals surface area contributed by atoms with Crippen LogP contribution in [0.1, 0.15) is 36.6 Å². The number of rotatable bonds is 6. The Morgan fingerprint density at radius 2 is 1.86 bits per heavy atom. The molecular formula is C22H25NO5S. The molecule has 1 aliphatic rings. The summed E-state index contributed by atoms with van der Waals surface area (Å²) in [6.07, 6.45) is -0.274. The lowest BCUT2D eigenvalue weighted by atomic mass is 10.00. The highest BCUT2D eigenvalue weighted by Gasteiger charge is 2.38. The number of carbonyl (C=O) groups is 2. The monoisotopic (exact) mass is 415 g/mol. The van der Waals surface area contributed by atoms with E-state index in [0.29, 0.717) is 17.9 Å². The average molecular weight is 416 g/mol. The Kier molecular flexibility index (Phi) is 6.37. The van der Waals surface area contributed by atoms with Gasteiger partial charge in [-0.3, -0.25) is 9.59 Å². The van der Waals surface area contributed by atoms with Gasteiger partial charge >= 0.3 is 5.97 Å². The van der Waals surface area contributed by atoms with Crippen LogP contribution in [-0.2, 0) is 9.59 Å². The van der Waals surface area contributed by atoms with Crippen LogP contribution in [0.4, 0.5) is 5.69 Å². The highest BCUT2D eigenvalue weighted by atomic mass is 32.2. The molecular weight excluding hydrogens is 390 g/mol. The fourth-order valence-corrected chi connectivity index (χ4v) is 5.09. The van der Waals surface area contributed by atoms with Gasteiger partial charge in [0.05, 0.1) is 24.0 Å². The van der Waals surface area contributed by atoms with Crippen molar-refractivity contribution in [1.29, 1.82) is 0 Å². The van der Waals surface area contributed by atoms with Gasteiger partial charge in [0.25, 0.3) is 0 Å². The van der Waals surface area contributed by atoms with Crippen molar-refractivity contribution in [3.63, 3.8) is 0 Å². The Bertz CT molecular complexity index is 914. The Hall–Kier alpha value is -2.67. The molecule has 1 heterocycles. The van der Waals surface area contributed by atoms with Crippen molar-refractivity contribution in [1.82, 2.24) is 0 Å². The van der Waals surface area contributed by atoms with Gasteiger partial charge in [-0.1, -0.05) is 44.2 Å². The summed E-state index contributed by atoms with van der Waals surface area (Å²) in [5.41, 5.74) is 2.37. The standard InChI is InChI=1S/C22H25NO5S/c1-13(2)12-23-16-9-5-4-7-14(16)21(29-18(22(23)27)11-19(25)26)15-8-6-10-17(24)20(15)28-3/h4-10,13,18,21,24H,11-12H2,1-3H3,(H,25,26)/t18-,21+/m1/s1. The number of nitrogens with zero attached hydrogens (tertiary/aromatic N) is 1. The van der Waals surface area contributed by atoms with Gasteiger partial charge in [0.2, 0.25) is 5.91 Å². The van der Waals surface area contributed by atoms with Crippen LogP contribution in [0, 0.1) is 5.92 Å². The normalized spacial score (nSPS) is 19.0. The van der Waals surface area contributed by atoms with Gasteiger partial charge < -0.3 is 19.8 Å². The van der Waals surface area contributed by atoms with Crippen LogP contribution in [0.25, 0.3) is 0 Å². The third kappa shape index (κ3) is 4.34. The summed E-state index contributed by atoms with van der Waals surface area (Å²) >= 11 is 1.29. The minimum Gasteiger partial charge on any atom is -0.504 e. The number of aromatic hydroxyl groups is 1. The minimum absolute atomic E-state index is 0.00692. The summed E-state index contributed by atoms with van der Waals surface area (Å²) in [4.78, 5) is 26.5. The van der Waals surface area contributed by atoms with E-state index < -0.39 is 11.2 Å². The molecule has 0 spiro atoms. The van der Waals surface area contributed by atoms with Crippen LogP contribution in [0.2, 0.25) is 0 Å². The molecule has 2 N–H and O–H groups in total. The van der Waals surface area contributed by atoms with Crippen LogP contribution < -0.4 is 9.64 Å². The molecule has 7 heteroatoms. The Morgan fingerprint density at radius 3 is 2.52 bits per heavy atom. The quantitative estimate of drug-likeness (QED) is 0.740. The van der Waals surface area contributed by atoms with E-state index in [1.165, 1.54) is 18.9 Å². The predicted molar refractivity (Wildman–Crippen MR) is 114 cm³/mol. The van der Waals surface area contributed by atoms with Crippen molar-refractivity contribution in [2.45, 2.75) is 30.8 Å². The molecule has 154 valence electrons. The maximum Gasteiger partial charge on any atom is 0.305 e. The van der Waals surface area contributed by atoms with E-state index in [2.05, 4.69) is 0 Å². The molecule has 2 atom stereocenters. The number of benzene rings is 2. The molecule has 0 saturated carbocycles. The Balaban J connectivity index is 2.20. The molecule has 0 radical (unpaired) electrons. The first-order valence-corrected chi connectivity index (χ1v) is 10.4. The highest BCUT2D eigenvalue weighted by molar-refractivity contribution is 8.01. The number of hydrogen-bond acceptors (Lipinski definition) is 5. The molecule has 0 unspecified atom stereocenters. The van der Waals surface area contributed by atoms with Crippen LogP contribution in [0.3, 0.4) is 0 Å². The van der Waals surface area contributed by atoms with E-state index in [1.807, 2.05) is 44.2 Å². The number of amides is 1. The fourth-order valence-electron chi connectivity index (χ4n) is 3.60. The molecule has 2 aromatic carbocycles. The second-order valence-electron chi connectivity index (χ2n) is 7.40. The predicted octanol–water partition coefficient (Wildman–Crippen LogP) is 4.07. The summed E-state index contributed by atoms with van der Waals surface area (Å²) < 4.78 is 5.44. The van der Waals surface area contributed by atoms with E-state index in [0.717, 1.165) is 11.3 Å². The topological polar surface area (TPSA) is 87.1 Å². The lowest BCUT2D eigenvalue weighted by Crippen LogP contribution is -2.40. The van der Waals surface area contributed by atoms with Gasteiger partial charge in [-0.15, -0.1) is 11.8 Å². The number of anilines is 1. The zero-order valence-electron chi connectivity index (χ0n) is 16.7. The zero-order valence-corrected chi connectivity index (χ0v) is 17.5. The van der Waals surface area contributed by atoms with E-state index in [4.69, 9.17) is 4.74 Å². The zero-order chi connectivity index (χ0) is 21.1. The summed E-state index contributed by atoms with van der Waals surface area (Å²) in [6, 6.07) is 12.7. The molecule has 0 saturated heterocycles. The average Bonchev–Trinajstić information content (AvgIpc) is 2.78. The molecule has 0 bridgehead atoms. The number of thioether (sulfide) groups is 1. The van der Waals surface area contributed by atoms with Crippen LogP contribution >= 0.6 is 11.8 Å². The lowest BCUT2D eigenvalue weighted by Gasteiger charge is -2.26. The number of aliphatic carboxylic acids is 1. The number of ether oxygens (including phenoxy) is 1. The van der Waals surface area contributed by atoms with Gasteiger partial charge in [0.1, 0.15) is 0 Å². The van der Waals surface area contributed by atoms with Crippen molar-refractivity contribution in [3.8, 4) is 11.5 Å². The van der Waals surface area contributed by atoms with Gasteiger partial charge in [-0.2, -0.15) is 0 Å². The van der Waals surface area contributed by atoms with Gasteiger partial charge in [-0.05, 0) is 23.6 Å². The van der Waals surface area contributed by atoms with Crippen molar-refractivity contribution >= 4 is 29.3 Å². The second kappa shape index (κ2) is 8.78. The number of phenols is 1. The molecule has 1 amide bonds. The molecule has 0 aliphatic carbocycles. The maximum absolute atomic E-state index is 13.3. The molecule has 3 rings (SSSR count). The highest BCUT2D eigenvalue weighted by Crippen LogP contribution is 2.50. The van der Waals surface area contributed by atoms with E-state index in [1.54, 1.807) is 17.0 Å². The molecule has 6 nitrogen and oxygen atoms in total. The Morgan fingerprint density at radius 1 is 1.17 bits per heavy atom. The minimum atomic E-state index is -1.02. The smallest absolute Gasteiger partial charge is 0.305 e. The van der Waals surface area contributed by atoms with Gasteiger partial charge in [-0.25, -0.2) is 0 Å². The van der Waals surface area contributed by atoms with Crippen molar-refractivity contribution in [2.75, 3.05) is 18.6 Å². The second-order valence-corrected chi connectivity index (χ2v) is 8.72. The molecule has 29 heavy (non-hydrogen) atoms. The number of fused-ring (bicyclic) bond motifs is 1. The van der Waals surface area contributed by atoms with Crippen molar-refractivity contribution in [3.05, 3.63) is 53.6 Å². The number of carboxylic acid groups (broad SMARTS) is 1. The number of phenolic OH excluding ortho intramolecular Hbond substituents is 1. The number of carboxylic acids is 1. The molecule has 0 aromatic heterocycles. The molecule has 2 aromatic rings. The number of para-hydroxylation sites is 2. The lowest BCUT2D eigenvalue weighted by molar-refractivity contribution is -0.138. The Labute approximate surface area is 174 Å². The van der Waals surface area contributed by atoms with Crippen molar-refractivity contribution in [2.24, 2.45) is 5.92 Å². The van der Waals surface area contributed by atoms with E-state index in [9.17, 15) is 19.8 Å². The fraction of sp³-hybridized carbons (Fsp3) is 0.364. The maximum atomic E-state index is 13.3. The van der Waals surface area contributed by atoms with E-state index >= 15 is 0 Å². The summed E-state index contributed by atoms with van der Waals surface area (Å²) in [5, 5.41) is 18.6. The van der Waals surface area contributed by atoms with Crippen LogP contribution in [0.15, 0.2) is 42.5 Å². The SMILES string of the molecule is COc1c(O)cccc1[C@H]1S[C@H](CC(=O)O)C(=O)N(CC(C)C)c2ccccc21. The van der Waals surface area contributed by atoms with Crippen LogP contribution in [-0.4, -0.2) is 41.0 Å². The third-order valence-electron chi connectivity index (χ3n) is 4.77. The summed E-state index contributed by atoms with van der Waals surface area (Å²) in [7, 11) is 1.48. The third-order valence-corrected chi connectivity index (χ3v) is 6.25. The first-order valence-electron chi connectivity index (χ1n) is 9.46. The molecule has 0 fully saturated rings. The number of methoxy groups -OCH3 is 1. The molecule has 1 aliphatic heterocycles. The number of carbonyl (C=O) groups excluding carboxylic acids is 1. The summed E-state index contributed by atoms with van der Waals surface area (Å²) in [5.74, 6) is -0.673. The summed E-state index contributed by atoms with van der Waals surface area (Å²) in [6.45, 7) is 4.54. The van der Waals surface area contributed by atoms with E-state index in [-0.39, 0.29) is 29.2 Å². The number of hydrogen-bond donors (Lipinski definition) is 2. The largest absolute Gasteiger partial charge is 0.504 e. The van der Waals surface area contributed by atoms with Gasteiger partial charge in [0.15, 0.2) is 11.5 Å². The first-order chi connectivity index (χ1) is 13.8. The van der Waals surface area contributed by atoms with Crippen LogP contribution in [0.5, 0.6) is 11.5 Å². The van der Waals surface area contributed by atoms with Crippen molar-refractivity contribution < 1.29 is 24.5 Å².